The number of methoxy groups -OCH3 is 1. The van der Waals surface area contributed by atoms with Gasteiger partial charge in [0.05, 0.1) is 20.3 Å². The first-order valence-corrected chi connectivity index (χ1v) is 9.63. The van der Waals surface area contributed by atoms with Crippen molar-refractivity contribution in [3.05, 3.63) is 72.1 Å². The van der Waals surface area contributed by atoms with Gasteiger partial charge in [-0.15, -0.1) is 0 Å². The van der Waals surface area contributed by atoms with E-state index in [1.807, 2.05) is 48.5 Å². The molecule has 0 unspecified atom stereocenters. The summed E-state index contributed by atoms with van der Waals surface area (Å²) >= 11 is 0. The van der Waals surface area contributed by atoms with Gasteiger partial charge in [-0.3, -0.25) is 9.78 Å². The quantitative estimate of drug-likeness (QED) is 0.576. The van der Waals surface area contributed by atoms with Crippen molar-refractivity contribution in [1.29, 1.82) is 0 Å². The van der Waals surface area contributed by atoms with E-state index in [2.05, 4.69) is 4.98 Å². The summed E-state index contributed by atoms with van der Waals surface area (Å²) < 4.78 is 10.4. The fourth-order valence-electron chi connectivity index (χ4n) is 3.35. The van der Waals surface area contributed by atoms with Gasteiger partial charge in [0.25, 0.3) is 0 Å². The molecule has 3 rings (SSSR count). The molecule has 0 spiro atoms. The Labute approximate surface area is 171 Å². The van der Waals surface area contributed by atoms with Crippen molar-refractivity contribution in [2.45, 2.75) is 26.4 Å². The maximum absolute atomic E-state index is 11.8. The van der Waals surface area contributed by atoms with E-state index in [0.717, 1.165) is 39.1 Å². The Morgan fingerprint density at radius 3 is 2.52 bits per heavy atom. The minimum Gasteiger partial charge on any atom is -0.497 e. The number of nitrogens with zero attached hydrogens (tertiary/aromatic N) is 1. The number of carbonyl (C=O) groups excluding carboxylic acids is 1. The molecule has 2 aromatic carbocycles. The van der Waals surface area contributed by atoms with Crippen LogP contribution in [0.3, 0.4) is 0 Å². The van der Waals surface area contributed by atoms with Crippen LogP contribution in [-0.4, -0.2) is 29.8 Å². The van der Waals surface area contributed by atoms with Crippen LogP contribution >= 0.6 is 0 Å². The number of hydrogen-bond donors (Lipinski definition) is 1. The average molecular weight is 391 g/mol. The molecule has 1 aromatic heterocycles. The van der Waals surface area contributed by atoms with Crippen molar-refractivity contribution in [2.75, 3.05) is 13.7 Å². The maximum atomic E-state index is 11.8. The third kappa shape index (κ3) is 5.00. The summed E-state index contributed by atoms with van der Waals surface area (Å²) in [7, 11) is 1.62. The van der Waals surface area contributed by atoms with Gasteiger partial charge in [0.2, 0.25) is 0 Å². The molecule has 3 aromatic rings. The van der Waals surface area contributed by atoms with Crippen molar-refractivity contribution in [1.82, 2.24) is 4.98 Å². The van der Waals surface area contributed by atoms with Crippen molar-refractivity contribution in [3.63, 3.8) is 0 Å². The molecule has 0 bridgehead atoms. The molecule has 0 fully saturated rings. The molecular formula is C24H25NO4. The number of esters is 1. The molecule has 0 atom stereocenters. The number of aromatic nitrogens is 1. The van der Waals surface area contributed by atoms with E-state index in [0.29, 0.717) is 19.4 Å². The summed E-state index contributed by atoms with van der Waals surface area (Å²) in [6.45, 7) is 2.10. The molecule has 0 saturated heterocycles. The Kier molecular flexibility index (Phi) is 6.98. The maximum Gasteiger partial charge on any atom is 0.306 e. The molecule has 0 aliphatic heterocycles. The number of hydrogen-bond acceptors (Lipinski definition) is 5. The van der Waals surface area contributed by atoms with Crippen LogP contribution in [0.2, 0.25) is 0 Å². The molecule has 0 amide bonds. The summed E-state index contributed by atoms with van der Waals surface area (Å²) in [5.41, 5.74) is 5.70. The summed E-state index contributed by atoms with van der Waals surface area (Å²) in [6.07, 6.45) is 4.36. The average Bonchev–Trinajstić information content (AvgIpc) is 2.77. The lowest BCUT2D eigenvalue weighted by atomic mass is 9.92. The smallest absolute Gasteiger partial charge is 0.306 e. The van der Waals surface area contributed by atoms with E-state index in [9.17, 15) is 9.90 Å². The second kappa shape index (κ2) is 9.85. The van der Waals surface area contributed by atoms with Gasteiger partial charge in [-0.05, 0) is 65.4 Å². The van der Waals surface area contributed by atoms with Crippen LogP contribution in [0.15, 0.2) is 60.9 Å². The van der Waals surface area contributed by atoms with Crippen LogP contribution in [-0.2, 0) is 22.6 Å². The van der Waals surface area contributed by atoms with E-state index in [1.54, 1.807) is 26.4 Å². The van der Waals surface area contributed by atoms with Gasteiger partial charge < -0.3 is 14.6 Å². The van der Waals surface area contributed by atoms with E-state index >= 15 is 0 Å². The number of aliphatic hydroxyl groups is 1. The Morgan fingerprint density at radius 2 is 1.83 bits per heavy atom. The highest BCUT2D eigenvalue weighted by molar-refractivity contribution is 5.76. The zero-order valence-electron chi connectivity index (χ0n) is 16.7. The van der Waals surface area contributed by atoms with Crippen LogP contribution < -0.4 is 4.74 Å². The molecule has 0 aliphatic rings. The molecule has 0 saturated carbocycles. The summed E-state index contributed by atoms with van der Waals surface area (Å²) in [4.78, 5) is 16.0. The topological polar surface area (TPSA) is 68.7 Å². The minimum atomic E-state index is -0.218. The first-order valence-electron chi connectivity index (χ1n) is 9.63. The lowest BCUT2D eigenvalue weighted by Gasteiger charge is -2.15. The predicted molar refractivity (Wildman–Crippen MR) is 113 cm³/mol. The van der Waals surface area contributed by atoms with E-state index in [1.165, 1.54) is 0 Å². The highest BCUT2D eigenvalue weighted by Crippen LogP contribution is 2.32. The fourth-order valence-corrected chi connectivity index (χ4v) is 3.35. The summed E-state index contributed by atoms with van der Waals surface area (Å²) in [5.74, 6) is 0.520. The van der Waals surface area contributed by atoms with Gasteiger partial charge in [-0.25, -0.2) is 0 Å². The monoisotopic (exact) mass is 391 g/mol. The molecule has 29 heavy (non-hydrogen) atoms. The summed E-state index contributed by atoms with van der Waals surface area (Å²) in [5, 5.41) is 9.94. The van der Waals surface area contributed by atoms with Crippen molar-refractivity contribution >= 4 is 5.97 Å². The molecular weight excluding hydrogens is 366 g/mol. The van der Waals surface area contributed by atoms with Crippen LogP contribution in [0.4, 0.5) is 0 Å². The van der Waals surface area contributed by atoms with Crippen molar-refractivity contribution in [2.24, 2.45) is 0 Å². The molecule has 1 heterocycles. The first kappa shape index (κ1) is 20.6. The first-order chi connectivity index (χ1) is 14.2. The van der Waals surface area contributed by atoms with Gasteiger partial charge in [0, 0.05) is 24.4 Å². The zero-order valence-corrected chi connectivity index (χ0v) is 16.7. The zero-order chi connectivity index (χ0) is 20.6. The Morgan fingerprint density at radius 1 is 1.03 bits per heavy atom. The van der Waals surface area contributed by atoms with E-state index < -0.39 is 0 Å². The number of rotatable bonds is 8. The van der Waals surface area contributed by atoms with E-state index in [4.69, 9.17) is 9.47 Å². The lowest BCUT2D eigenvalue weighted by Crippen LogP contribution is -2.06. The highest BCUT2D eigenvalue weighted by Gasteiger charge is 2.13. The fraction of sp³-hybridized carbons (Fsp3) is 0.250. The second-order valence-electron chi connectivity index (χ2n) is 6.60. The molecule has 5 heteroatoms. The number of pyridine rings is 1. The Balaban J connectivity index is 1.97. The number of benzene rings is 2. The standard InChI is InChI=1S/C24H25NO4/c1-3-29-24(27)11-7-18-14-21(28-2)8-10-22(18)17-6-9-23(20(13-17)16-26)19-5-4-12-25-15-19/h4-6,8-10,12-15,26H,3,7,11,16H2,1-2H3. The normalized spacial score (nSPS) is 10.6. The number of carbonyl (C=O) groups is 1. The minimum absolute atomic E-state index is 0.0770. The van der Waals surface area contributed by atoms with Gasteiger partial charge in [-0.2, -0.15) is 0 Å². The van der Waals surface area contributed by atoms with Crippen molar-refractivity contribution < 1.29 is 19.4 Å². The van der Waals surface area contributed by atoms with Gasteiger partial charge in [-0.1, -0.05) is 24.3 Å². The SMILES string of the molecule is CCOC(=O)CCc1cc(OC)ccc1-c1ccc(-c2cccnc2)c(CO)c1. The van der Waals surface area contributed by atoms with Gasteiger partial charge in [0.15, 0.2) is 0 Å². The van der Waals surface area contributed by atoms with Gasteiger partial charge >= 0.3 is 5.97 Å². The largest absolute Gasteiger partial charge is 0.497 e. The molecule has 0 aliphatic carbocycles. The van der Waals surface area contributed by atoms with Crippen molar-refractivity contribution in [3.8, 4) is 28.0 Å². The third-order valence-corrected chi connectivity index (χ3v) is 4.78. The third-order valence-electron chi connectivity index (χ3n) is 4.78. The Hall–Kier alpha value is -3.18. The van der Waals surface area contributed by atoms with Crippen LogP contribution in [0.5, 0.6) is 5.75 Å². The molecule has 1 N–H and O–H groups in total. The van der Waals surface area contributed by atoms with E-state index in [-0.39, 0.29) is 12.6 Å². The second-order valence-corrected chi connectivity index (χ2v) is 6.60. The number of ether oxygens (including phenoxy) is 2. The van der Waals surface area contributed by atoms with Crippen LogP contribution in [0.1, 0.15) is 24.5 Å². The number of aryl methyl sites for hydroxylation is 1. The Bertz CT molecular complexity index is 970. The summed E-state index contributed by atoms with van der Waals surface area (Å²) in [6, 6.07) is 15.7. The van der Waals surface area contributed by atoms with Gasteiger partial charge in [0.1, 0.15) is 5.75 Å². The molecule has 150 valence electrons. The van der Waals surface area contributed by atoms with Crippen LogP contribution in [0, 0.1) is 0 Å². The molecule has 5 nitrogen and oxygen atoms in total. The molecule has 0 radical (unpaired) electrons. The highest BCUT2D eigenvalue weighted by atomic mass is 16.5. The lowest BCUT2D eigenvalue weighted by molar-refractivity contribution is -0.143. The number of aliphatic hydroxyl groups excluding tert-OH is 1. The van der Waals surface area contributed by atoms with Crippen LogP contribution in [0.25, 0.3) is 22.3 Å². The predicted octanol–water partition coefficient (Wildman–Crippen LogP) is 4.41.